The third kappa shape index (κ3) is 5.59. The number of imidazole rings is 1. The van der Waals surface area contributed by atoms with Crippen molar-refractivity contribution in [2.24, 2.45) is 0 Å². The fraction of sp³-hybridized carbons (Fsp3) is 0.250. The summed E-state index contributed by atoms with van der Waals surface area (Å²) in [6, 6.07) is 27.2. The van der Waals surface area contributed by atoms with Crippen LogP contribution in [-0.2, 0) is 26.1 Å². The summed E-state index contributed by atoms with van der Waals surface area (Å²) in [6.07, 6.45) is 6.86. The van der Waals surface area contributed by atoms with Gasteiger partial charge in [0.1, 0.15) is 5.82 Å². The molecule has 0 aliphatic carbocycles. The Bertz CT molecular complexity index is 1500. The molecular weight excluding hydrogens is 486 g/mol. The zero-order valence-corrected chi connectivity index (χ0v) is 22.2. The fourth-order valence-electron chi connectivity index (χ4n) is 5.15. The number of para-hydroxylation sites is 1. The summed E-state index contributed by atoms with van der Waals surface area (Å²) in [6.45, 7) is 4.65. The number of ether oxygens (including phenoxy) is 2. The smallest absolute Gasteiger partial charge is 0.231 e. The number of nitrogens with zero attached hydrogens (tertiary/aromatic N) is 4. The van der Waals surface area contributed by atoms with E-state index >= 15 is 0 Å². The lowest BCUT2D eigenvalue weighted by Gasteiger charge is -2.23. The largest absolute Gasteiger partial charge is 0.454 e. The van der Waals surface area contributed by atoms with Crippen LogP contribution in [-0.4, -0.2) is 31.4 Å². The minimum atomic E-state index is 0.273. The van der Waals surface area contributed by atoms with E-state index in [9.17, 15) is 0 Å². The van der Waals surface area contributed by atoms with E-state index in [-0.39, 0.29) is 6.79 Å². The van der Waals surface area contributed by atoms with Crippen molar-refractivity contribution < 1.29 is 9.47 Å². The van der Waals surface area contributed by atoms with E-state index in [4.69, 9.17) is 14.6 Å². The van der Waals surface area contributed by atoms with Crippen molar-refractivity contribution in [3.63, 3.8) is 0 Å². The minimum absolute atomic E-state index is 0.273. The van der Waals surface area contributed by atoms with Crippen molar-refractivity contribution in [1.82, 2.24) is 24.6 Å². The summed E-state index contributed by atoms with van der Waals surface area (Å²) < 4.78 is 13.4. The summed E-state index contributed by atoms with van der Waals surface area (Å²) >= 11 is 0. The molecule has 0 amide bonds. The number of benzene rings is 3. The molecule has 39 heavy (non-hydrogen) atoms. The highest BCUT2D eigenvalue weighted by atomic mass is 16.7. The van der Waals surface area contributed by atoms with Crippen LogP contribution < -0.4 is 9.47 Å². The van der Waals surface area contributed by atoms with E-state index in [2.05, 4.69) is 93.2 Å². The van der Waals surface area contributed by atoms with E-state index in [0.29, 0.717) is 6.54 Å². The number of fused-ring (bicyclic) bond motifs is 1. The number of aromatic nitrogens is 4. The number of H-pyrrole nitrogens is 1. The number of hydrogen-bond acceptors (Lipinski definition) is 5. The van der Waals surface area contributed by atoms with Crippen LogP contribution in [0, 0.1) is 0 Å². The molecule has 1 aliphatic heterocycles. The van der Waals surface area contributed by atoms with Gasteiger partial charge in [-0.2, -0.15) is 5.10 Å². The van der Waals surface area contributed by atoms with Gasteiger partial charge < -0.3 is 14.5 Å². The summed E-state index contributed by atoms with van der Waals surface area (Å²) in [5, 5.41) is 5.24. The number of nitrogens with one attached hydrogen (secondary N) is 1. The van der Waals surface area contributed by atoms with Crippen LogP contribution in [0.5, 0.6) is 11.5 Å². The molecule has 0 atom stereocenters. The van der Waals surface area contributed by atoms with Crippen LogP contribution in [0.25, 0.3) is 16.9 Å². The molecule has 7 nitrogen and oxygen atoms in total. The first-order chi connectivity index (χ1) is 19.3. The molecule has 2 aromatic heterocycles. The predicted octanol–water partition coefficient (Wildman–Crippen LogP) is 6.54. The molecule has 7 heteroatoms. The van der Waals surface area contributed by atoms with Crippen LogP contribution in [0.3, 0.4) is 0 Å². The van der Waals surface area contributed by atoms with Crippen LogP contribution in [0.2, 0.25) is 0 Å². The molecule has 198 valence electrons. The monoisotopic (exact) mass is 519 g/mol. The Balaban J connectivity index is 1.43. The van der Waals surface area contributed by atoms with Crippen molar-refractivity contribution in [2.45, 2.75) is 45.8 Å². The third-order valence-electron chi connectivity index (χ3n) is 7.06. The van der Waals surface area contributed by atoms with Gasteiger partial charge in [-0.3, -0.25) is 4.90 Å². The maximum Gasteiger partial charge on any atom is 0.231 e. The average Bonchev–Trinajstić information content (AvgIpc) is 3.73. The number of rotatable bonds is 11. The molecule has 0 unspecified atom stereocenters. The first kappa shape index (κ1) is 24.9. The SMILES string of the molecule is CCCCc1c(CN(Cc2ccc3c(c2)OCO3)Cc2ncc[nH]2)c(-c2ccccc2)nn1-c1ccccc1. The molecule has 0 saturated heterocycles. The Morgan fingerprint density at radius 1 is 0.897 bits per heavy atom. The Morgan fingerprint density at radius 3 is 2.46 bits per heavy atom. The topological polar surface area (TPSA) is 68.2 Å². The number of unbranched alkanes of at least 4 members (excludes halogenated alkanes) is 1. The molecule has 3 aromatic carbocycles. The van der Waals surface area contributed by atoms with E-state index in [1.54, 1.807) is 0 Å². The van der Waals surface area contributed by atoms with Gasteiger partial charge in [0, 0.05) is 42.3 Å². The van der Waals surface area contributed by atoms with Crippen LogP contribution in [0.1, 0.15) is 42.4 Å². The highest BCUT2D eigenvalue weighted by Gasteiger charge is 2.23. The van der Waals surface area contributed by atoms with E-state index in [0.717, 1.165) is 72.2 Å². The quantitative estimate of drug-likeness (QED) is 0.215. The van der Waals surface area contributed by atoms with Gasteiger partial charge in [0.15, 0.2) is 11.5 Å². The van der Waals surface area contributed by atoms with E-state index in [1.165, 1.54) is 11.3 Å². The van der Waals surface area contributed by atoms with Gasteiger partial charge in [0.05, 0.1) is 17.9 Å². The Morgan fingerprint density at radius 2 is 1.69 bits per heavy atom. The Hall–Kier alpha value is -4.36. The zero-order chi connectivity index (χ0) is 26.4. The molecule has 0 radical (unpaired) electrons. The molecule has 6 rings (SSSR count). The van der Waals surface area contributed by atoms with Crippen LogP contribution in [0.4, 0.5) is 0 Å². The molecule has 1 aliphatic rings. The minimum Gasteiger partial charge on any atom is -0.454 e. The van der Waals surface area contributed by atoms with Crippen molar-refractivity contribution in [2.75, 3.05) is 6.79 Å². The van der Waals surface area contributed by atoms with Gasteiger partial charge in [0.25, 0.3) is 0 Å². The first-order valence-corrected chi connectivity index (χ1v) is 13.6. The number of aromatic amines is 1. The lowest BCUT2D eigenvalue weighted by Crippen LogP contribution is -2.24. The van der Waals surface area contributed by atoms with Crippen LogP contribution in [0.15, 0.2) is 91.3 Å². The Kier molecular flexibility index (Phi) is 7.41. The maximum absolute atomic E-state index is 5.66. The van der Waals surface area contributed by atoms with Gasteiger partial charge in [-0.25, -0.2) is 9.67 Å². The lowest BCUT2D eigenvalue weighted by atomic mass is 10.0. The van der Waals surface area contributed by atoms with E-state index < -0.39 is 0 Å². The van der Waals surface area contributed by atoms with Gasteiger partial charge in [-0.1, -0.05) is 67.9 Å². The van der Waals surface area contributed by atoms with Crippen LogP contribution >= 0.6 is 0 Å². The third-order valence-corrected chi connectivity index (χ3v) is 7.06. The van der Waals surface area contributed by atoms with Gasteiger partial charge >= 0.3 is 0 Å². The molecule has 0 spiro atoms. The normalized spacial score (nSPS) is 12.4. The molecule has 5 aromatic rings. The van der Waals surface area contributed by atoms with E-state index in [1.807, 2.05) is 24.5 Å². The summed E-state index contributed by atoms with van der Waals surface area (Å²) in [5.41, 5.74) is 6.92. The second kappa shape index (κ2) is 11.6. The standard InChI is InChI=1S/C32H33N5O2/c1-2-3-14-28-27(32(25-10-6-4-7-11-25)35-37(28)26-12-8-5-9-13-26)21-36(22-31-33-17-18-34-31)20-24-15-16-29-30(19-24)39-23-38-29/h4-13,15-19H,2-3,14,20-23H2,1H3,(H,33,34). The maximum atomic E-state index is 5.66. The Labute approximate surface area is 229 Å². The average molecular weight is 520 g/mol. The van der Waals surface area contributed by atoms with Gasteiger partial charge in [-0.05, 0) is 42.7 Å². The second-order valence-electron chi connectivity index (χ2n) is 9.86. The highest BCUT2D eigenvalue weighted by Crippen LogP contribution is 2.34. The van der Waals surface area contributed by atoms with Crippen molar-refractivity contribution in [1.29, 1.82) is 0 Å². The molecule has 0 saturated carbocycles. The summed E-state index contributed by atoms with van der Waals surface area (Å²) in [7, 11) is 0. The lowest BCUT2D eigenvalue weighted by molar-refractivity contribution is 0.174. The molecule has 0 bridgehead atoms. The summed E-state index contributed by atoms with van der Waals surface area (Å²) in [4.78, 5) is 10.2. The molecular formula is C32H33N5O2. The molecule has 3 heterocycles. The summed E-state index contributed by atoms with van der Waals surface area (Å²) in [5.74, 6) is 2.53. The molecule has 1 N–H and O–H groups in total. The zero-order valence-electron chi connectivity index (χ0n) is 22.2. The van der Waals surface area contributed by atoms with Crippen molar-refractivity contribution >= 4 is 0 Å². The van der Waals surface area contributed by atoms with Crippen molar-refractivity contribution in [3.05, 3.63) is 114 Å². The molecule has 0 fully saturated rings. The number of hydrogen-bond donors (Lipinski definition) is 1. The second-order valence-corrected chi connectivity index (χ2v) is 9.86. The highest BCUT2D eigenvalue weighted by molar-refractivity contribution is 5.65. The predicted molar refractivity (Wildman–Crippen MR) is 152 cm³/mol. The van der Waals surface area contributed by atoms with Gasteiger partial charge in [-0.15, -0.1) is 0 Å². The first-order valence-electron chi connectivity index (χ1n) is 13.6. The van der Waals surface area contributed by atoms with Gasteiger partial charge in [0.2, 0.25) is 6.79 Å². The fourth-order valence-corrected chi connectivity index (χ4v) is 5.15. The van der Waals surface area contributed by atoms with Crippen molar-refractivity contribution in [3.8, 4) is 28.4 Å².